The largest absolute Gasteiger partial charge is 0.480 e. The Bertz CT molecular complexity index is 278. The van der Waals surface area contributed by atoms with Gasteiger partial charge in [-0.25, -0.2) is 4.79 Å². The summed E-state index contributed by atoms with van der Waals surface area (Å²) >= 11 is 0. The van der Waals surface area contributed by atoms with Gasteiger partial charge in [0.05, 0.1) is 0 Å². The Balaban J connectivity index is 4.29. The van der Waals surface area contributed by atoms with Gasteiger partial charge in [0.15, 0.2) is 0 Å². The second-order valence-electron chi connectivity index (χ2n) is 4.57. The lowest BCUT2D eigenvalue weighted by molar-refractivity contribution is -0.141. The fraction of sp³-hybridized carbons (Fsp3) is 0.667. The Labute approximate surface area is 96.7 Å². The Kier molecular flexibility index (Phi) is 6.46. The fourth-order valence-corrected chi connectivity index (χ4v) is 1.20. The van der Waals surface area contributed by atoms with Crippen LogP contribution < -0.4 is 5.32 Å². The first-order valence-corrected chi connectivity index (χ1v) is 5.48. The van der Waals surface area contributed by atoms with Crippen LogP contribution in [0.2, 0.25) is 0 Å². The Morgan fingerprint density at radius 2 is 1.88 bits per heavy atom. The lowest BCUT2D eigenvalue weighted by Gasteiger charge is -2.13. The molecule has 0 bridgehead atoms. The minimum atomic E-state index is -0.991. The van der Waals surface area contributed by atoms with Crippen LogP contribution in [0, 0.1) is 5.92 Å². The maximum atomic E-state index is 11.4. The van der Waals surface area contributed by atoms with E-state index >= 15 is 0 Å². The van der Waals surface area contributed by atoms with E-state index in [0.29, 0.717) is 12.8 Å². The van der Waals surface area contributed by atoms with E-state index in [1.54, 1.807) is 0 Å². The molecule has 0 radical (unpaired) electrons. The van der Waals surface area contributed by atoms with E-state index in [1.807, 2.05) is 33.8 Å². The predicted octanol–water partition coefficient (Wildman–Crippen LogP) is 1.96. The molecular weight excluding hydrogens is 206 g/mol. The van der Waals surface area contributed by atoms with E-state index < -0.39 is 12.0 Å². The molecule has 0 rings (SSSR count). The van der Waals surface area contributed by atoms with E-state index in [2.05, 4.69) is 5.32 Å². The molecule has 0 aromatic heterocycles. The molecule has 0 unspecified atom stereocenters. The summed E-state index contributed by atoms with van der Waals surface area (Å²) in [4.78, 5) is 22.3. The average molecular weight is 227 g/mol. The lowest BCUT2D eigenvalue weighted by atomic mass is 10.1. The Hall–Kier alpha value is -1.32. The number of carboxylic acid groups (broad SMARTS) is 1. The van der Waals surface area contributed by atoms with Gasteiger partial charge in [-0.15, -0.1) is 0 Å². The molecule has 16 heavy (non-hydrogen) atoms. The van der Waals surface area contributed by atoms with E-state index in [-0.39, 0.29) is 11.8 Å². The van der Waals surface area contributed by atoms with E-state index in [9.17, 15) is 9.59 Å². The van der Waals surface area contributed by atoms with Crippen LogP contribution in [-0.4, -0.2) is 23.0 Å². The van der Waals surface area contributed by atoms with Crippen LogP contribution in [0.5, 0.6) is 0 Å². The number of nitrogens with one attached hydrogen (secondary N) is 1. The van der Waals surface area contributed by atoms with Gasteiger partial charge in [-0.05, 0) is 26.2 Å². The number of aliphatic carboxylic acids is 1. The van der Waals surface area contributed by atoms with Crippen LogP contribution >= 0.6 is 0 Å². The van der Waals surface area contributed by atoms with Gasteiger partial charge in [-0.1, -0.05) is 25.5 Å². The second-order valence-corrected chi connectivity index (χ2v) is 4.57. The van der Waals surface area contributed by atoms with Crippen LogP contribution in [0.3, 0.4) is 0 Å². The fourth-order valence-electron chi connectivity index (χ4n) is 1.20. The topological polar surface area (TPSA) is 66.4 Å². The molecule has 0 aliphatic rings. The van der Waals surface area contributed by atoms with Crippen molar-refractivity contribution in [1.82, 2.24) is 5.32 Å². The number of carboxylic acids is 1. The minimum absolute atomic E-state index is 0.204. The molecule has 0 fully saturated rings. The summed E-state index contributed by atoms with van der Waals surface area (Å²) in [5.41, 5.74) is 1.05. The molecule has 0 saturated carbocycles. The van der Waals surface area contributed by atoms with Crippen LogP contribution in [0.1, 0.15) is 40.5 Å². The van der Waals surface area contributed by atoms with Crippen molar-refractivity contribution in [3.05, 3.63) is 11.6 Å². The summed E-state index contributed by atoms with van der Waals surface area (Å²) in [6.45, 7) is 7.64. The van der Waals surface area contributed by atoms with Crippen molar-refractivity contribution in [2.45, 2.75) is 46.6 Å². The summed E-state index contributed by atoms with van der Waals surface area (Å²) in [7, 11) is 0. The molecule has 2 N–H and O–H groups in total. The third-order valence-corrected chi connectivity index (χ3v) is 1.99. The molecule has 0 saturated heterocycles. The Morgan fingerprint density at radius 3 is 2.25 bits per heavy atom. The van der Waals surface area contributed by atoms with Gasteiger partial charge in [-0.2, -0.15) is 0 Å². The van der Waals surface area contributed by atoms with Gasteiger partial charge in [0.1, 0.15) is 6.04 Å². The molecular formula is C12H21NO3. The van der Waals surface area contributed by atoms with E-state index in [4.69, 9.17) is 5.11 Å². The van der Waals surface area contributed by atoms with E-state index in [1.165, 1.54) is 0 Å². The normalized spacial score (nSPS) is 12.1. The molecule has 92 valence electrons. The number of allylic oxidation sites excluding steroid dienone is 1. The maximum Gasteiger partial charge on any atom is 0.326 e. The number of carbonyl (C=O) groups excluding carboxylic acids is 1. The van der Waals surface area contributed by atoms with E-state index in [0.717, 1.165) is 5.57 Å². The van der Waals surface area contributed by atoms with Gasteiger partial charge in [-0.3, -0.25) is 4.79 Å². The maximum absolute atomic E-state index is 11.4. The molecule has 1 amide bonds. The first kappa shape index (κ1) is 14.7. The monoisotopic (exact) mass is 227 g/mol. The second kappa shape index (κ2) is 7.04. The summed E-state index contributed by atoms with van der Waals surface area (Å²) in [5.74, 6) is -0.961. The molecule has 0 aromatic rings. The van der Waals surface area contributed by atoms with Gasteiger partial charge in [0.25, 0.3) is 0 Å². The zero-order chi connectivity index (χ0) is 12.7. The first-order chi connectivity index (χ1) is 7.32. The SMILES string of the molecule is CC(C)=CC[C@H](NC(=O)CC(C)C)C(=O)O. The number of hydrogen-bond acceptors (Lipinski definition) is 2. The molecule has 0 spiro atoms. The summed E-state index contributed by atoms with van der Waals surface area (Å²) in [6.07, 6.45) is 2.51. The molecule has 0 aliphatic carbocycles. The highest BCUT2D eigenvalue weighted by atomic mass is 16.4. The molecule has 1 atom stereocenters. The third-order valence-electron chi connectivity index (χ3n) is 1.99. The Morgan fingerprint density at radius 1 is 1.31 bits per heavy atom. The van der Waals surface area contributed by atoms with Crippen molar-refractivity contribution in [2.75, 3.05) is 0 Å². The highest BCUT2D eigenvalue weighted by Crippen LogP contribution is 2.02. The number of carbonyl (C=O) groups is 2. The van der Waals surface area contributed by atoms with Gasteiger partial charge >= 0.3 is 5.97 Å². The van der Waals surface area contributed by atoms with Gasteiger partial charge in [0, 0.05) is 6.42 Å². The van der Waals surface area contributed by atoms with Gasteiger partial charge in [0.2, 0.25) is 5.91 Å². The number of rotatable bonds is 6. The third kappa shape index (κ3) is 7.04. The van der Waals surface area contributed by atoms with Crippen LogP contribution in [0.25, 0.3) is 0 Å². The van der Waals surface area contributed by atoms with Crippen molar-refractivity contribution in [2.24, 2.45) is 5.92 Å². The zero-order valence-electron chi connectivity index (χ0n) is 10.4. The molecule has 0 aromatic carbocycles. The standard InChI is InChI=1S/C12H21NO3/c1-8(2)5-6-10(12(15)16)13-11(14)7-9(3)4/h5,9-10H,6-7H2,1-4H3,(H,13,14)(H,15,16)/t10-/m0/s1. The number of amides is 1. The lowest BCUT2D eigenvalue weighted by Crippen LogP contribution is -2.40. The molecule has 0 heterocycles. The summed E-state index contributed by atoms with van der Waals surface area (Å²) in [5, 5.41) is 11.4. The molecule has 4 nitrogen and oxygen atoms in total. The van der Waals surface area contributed by atoms with Crippen molar-refractivity contribution < 1.29 is 14.7 Å². The highest BCUT2D eigenvalue weighted by Gasteiger charge is 2.18. The van der Waals surface area contributed by atoms with Crippen LogP contribution in [-0.2, 0) is 9.59 Å². The average Bonchev–Trinajstić information content (AvgIpc) is 2.09. The predicted molar refractivity (Wildman–Crippen MR) is 63.1 cm³/mol. The molecule has 4 heteroatoms. The first-order valence-electron chi connectivity index (χ1n) is 5.48. The smallest absolute Gasteiger partial charge is 0.326 e. The van der Waals surface area contributed by atoms with Crippen LogP contribution in [0.15, 0.2) is 11.6 Å². The highest BCUT2D eigenvalue weighted by molar-refractivity contribution is 5.83. The quantitative estimate of drug-likeness (QED) is 0.682. The number of hydrogen-bond donors (Lipinski definition) is 2. The van der Waals surface area contributed by atoms with Crippen LogP contribution in [0.4, 0.5) is 0 Å². The van der Waals surface area contributed by atoms with Crippen molar-refractivity contribution >= 4 is 11.9 Å². The molecule has 0 aliphatic heterocycles. The van der Waals surface area contributed by atoms with Crippen molar-refractivity contribution in [1.29, 1.82) is 0 Å². The van der Waals surface area contributed by atoms with Gasteiger partial charge < -0.3 is 10.4 Å². The summed E-state index contributed by atoms with van der Waals surface area (Å²) in [6, 6.07) is -0.818. The van der Waals surface area contributed by atoms with Crippen molar-refractivity contribution in [3.8, 4) is 0 Å². The summed E-state index contributed by atoms with van der Waals surface area (Å²) < 4.78 is 0. The van der Waals surface area contributed by atoms with Crippen molar-refractivity contribution in [3.63, 3.8) is 0 Å². The minimum Gasteiger partial charge on any atom is -0.480 e. The zero-order valence-corrected chi connectivity index (χ0v) is 10.4.